The average molecular weight is 700 g/mol. The molecule has 2 heterocycles. The van der Waals surface area contributed by atoms with Crippen molar-refractivity contribution in [2.45, 2.75) is 146 Å². The van der Waals surface area contributed by atoms with Gasteiger partial charge in [0.25, 0.3) is 0 Å². The Kier molecular flexibility index (Phi) is 13.2. The second-order valence-corrected chi connectivity index (χ2v) is 17.7. The van der Waals surface area contributed by atoms with Gasteiger partial charge in [-0.3, -0.25) is 24.1 Å². The molecule has 10 nitrogen and oxygen atoms in total. The van der Waals surface area contributed by atoms with Crippen molar-refractivity contribution in [2.24, 2.45) is 21.7 Å². The third kappa shape index (κ3) is 10.6. The van der Waals surface area contributed by atoms with Crippen molar-refractivity contribution in [1.82, 2.24) is 4.90 Å². The summed E-state index contributed by atoms with van der Waals surface area (Å²) < 4.78 is 31.3. The highest BCUT2D eigenvalue weighted by molar-refractivity contribution is 5.78. The van der Waals surface area contributed by atoms with Gasteiger partial charge < -0.3 is 23.7 Å². The molecule has 1 aromatic rings. The molecule has 0 saturated carbocycles. The van der Waals surface area contributed by atoms with Gasteiger partial charge in [0.1, 0.15) is 12.7 Å². The van der Waals surface area contributed by atoms with Gasteiger partial charge in [-0.25, -0.2) is 0 Å². The van der Waals surface area contributed by atoms with Crippen LogP contribution in [0.3, 0.4) is 0 Å². The maximum atomic E-state index is 13.7. The Morgan fingerprint density at radius 2 is 1.18 bits per heavy atom. The van der Waals surface area contributed by atoms with E-state index in [0.717, 1.165) is 18.4 Å². The van der Waals surface area contributed by atoms with Gasteiger partial charge in [0.2, 0.25) is 0 Å². The first kappa shape index (κ1) is 41.2. The molecule has 0 spiro atoms. The highest BCUT2D eigenvalue weighted by Gasteiger charge is 2.56. The molecule has 0 bridgehead atoms. The van der Waals surface area contributed by atoms with Crippen LogP contribution in [-0.4, -0.2) is 78.6 Å². The van der Waals surface area contributed by atoms with Gasteiger partial charge in [0.05, 0.1) is 21.7 Å². The molecule has 0 amide bonds. The Balaban J connectivity index is 2.23. The van der Waals surface area contributed by atoms with Gasteiger partial charge >= 0.3 is 23.9 Å². The number of esters is 4. The zero-order valence-corrected chi connectivity index (χ0v) is 32.6. The molecule has 0 radical (unpaired) electrons. The Morgan fingerprint density at radius 3 is 1.66 bits per heavy atom. The summed E-state index contributed by atoms with van der Waals surface area (Å²) in [6.45, 7) is 23.0. The van der Waals surface area contributed by atoms with Crippen LogP contribution in [0.2, 0.25) is 0 Å². The summed E-state index contributed by atoms with van der Waals surface area (Å²) in [5, 5.41) is 0. The lowest BCUT2D eigenvalue weighted by Gasteiger charge is -2.51. The zero-order valence-electron chi connectivity index (χ0n) is 32.6. The van der Waals surface area contributed by atoms with E-state index >= 15 is 0 Å². The Morgan fingerprint density at radius 1 is 0.700 bits per heavy atom. The first-order valence-corrected chi connectivity index (χ1v) is 17.9. The van der Waals surface area contributed by atoms with Crippen LogP contribution in [-0.2, 0) is 42.9 Å². The normalized spacial score (nSPS) is 25.3. The fourth-order valence-electron chi connectivity index (χ4n) is 5.59. The van der Waals surface area contributed by atoms with E-state index in [2.05, 4.69) is 30.0 Å². The summed E-state index contributed by atoms with van der Waals surface area (Å²) in [4.78, 5) is 56.1. The second-order valence-electron chi connectivity index (χ2n) is 17.7. The topological polar surface area (TPSA) is 118 Å². The largest absolute Gasteiger partial charge is 0.462 e. The third-order valence-corrected chi connectivity index (χ3v) is 8.73. The Bertz CT molecular complexity index is 1370. The van der Waals surface area contributed by atoms with E-state index in [1.165, 1.54) is 5.57 Å². The predicted molar refractivity (Wildman–Crippen MR) is 192 cm³/mol. The fourth-order valence-corrected chi connectivity index (χ4v) is 5.59. The lowest BCUT2D eigenvalue weighted by molar-refractivity contribution is -0.287. The van der Waals surface area contributed by atoms with Crippen LogP contribution in [0.4, 0.5) is 0 Å². The third-order valence-electron chi connectivity index (χ3n) is 8.73. The molecule has 3 rings (SSSR count). The molecule has 2 aliphatic heterocycles. The number of ether oxygens (including phenoxy) is 5. The molecule has 0 aromatic heterocycles. The van der Waals surface area contributed by atoms with Crippen LogP contribution < -0.4 is 0 Å². The standard InChI is InChI=1S/C40H61NO9/c1-14-18-27-23-26(25-19-16-15-17-20-25)21-22-41(27)32-31(50-36(45)40(11,12)13)30(49-35(44)39(8,9)10)29(48-34(43)38(5,6)7)28(47-32)24-46-33(42)37(2,3)4/h15-17,19-21,27-32H,14,18,22-24H2,1-13H3/t27-,28-,29+,30+,31-,32-/m1/s1. The molecule has 1 fully saturated rings. The van der Waals surface area contributed by atoms with E-state index in [0.29, 0.717) is 13.0 Å². The first-order chi connectivity index (χ1) is 22.9. The molecule has 2 aliphatic rings. The fraction of sp³-hybridized carbons (Fsp3) is 0.700. The number of nitrogens with zero attached hydrogens (tertiary/aromatic N) is 1. The molecule has 1 saturated heterocycles. The van der Waals surface area contributed by atoms with Crippen LogP contribution in [0.1, 0.15) is 115 Å². The smallest absolute Gasteiger partial charge is 0.311 e. The molecule has 0 aliphatic carbocycles. The van der Waals surface area contributed by atoms with E-state index in [1.54, 1.807) is 83.1 Å². The van der Waals surface area contributed by atoms with Gasteiger partial charge in [-0.1, -0.05) is 49.8 Å². The minimum Gasteiger partial charge on any atom is -0.462 e. The monoisotopic (exact) mass is 699 g/mol. The second kappa shape index (κ2) is 16.0. The number of carbonyl (C=O) groups is 4. The maximum absolute atomic E-state index is 13.7. The Labute approximate surface area is 299 Å². The van der Waals surface area contributed by atoms with Crippen molar-refractivity contribution in [2.75, 3.05) is 13.2 Å². The number of carbonyl (C=O) groups excluding carboxylic acids is 4. The van der Waals surface area contributed by atoms with E-state index in [-0.39, 0.29) is 12.6 Å². The summed E-state index contributed by atoms with van der Waals surface area (Å²) >= 11 is 0. The molecule has 1 aromatic carbocycles. The molecule has 280 valence electrons. The van der Waals surface area contributed by atoms with Crippen LogP contribution in [0.15, 0.2) is 36.4 Å². The van der Waals surface area contributed by atoms with Gasteiger partial charge in [-0.05, 0) is 107 Å². The lowest BCUT2D eigenvalue weighted by atomic mass is 9.88. The summed E-state index contributed by atoms with van der Waals surface area (Å²) in [6, 6.07) is 10.2. The van der Waals surface area contributed by atoms with Gasteiger partial charge in [0.15, 0.2) is 24.5 Å². The summed E-state index contributed by atoms with van der Waals surface area (Å²) in [5.74, 6) is -2.15. The van der Waals surface area contributed by atoms with E-state index in [9.17, 15) is 19.2 Å². The quantitative estimate of drug-likeness (QED) is 0.195. The van der Waals surface area contributed by atoms with Crippen LogP contribution in [0.25, 0.3) is 5.57 Å². The van der Waals surface area contributed by atoms with E-state index in [4.69, 9.17) is 23.7 Å². The van der Waals surface area contributed by atoms with Crippen molar-refractivity contribution >= 4 is 29.5 Å². The zero-order chi connectivity index (χ0) is 37.8. The number of benzene rings is 1. The van der Waals surface area contributed by atoms with Crippen LogP contribution >= 0.6 is 0 Å². The molecule has 0 unspecified atom stereocenters. The summed E-state index contributed by atoms with van der Waals surface area (Å²) in [6.07, 6.45) is -1.19. The van der Waals surface area contributed by atoms with E-state index < -0.39 is 76.2 Å². The van der Waals surface area contributed by atoms with Crippen LogP contribution in [0.5, 0.6) is 0 Å². The maximum Gasteiger partial charge on any atom is 0.311 e. The number of hydrogen-bond acceptors (Lipinski definition) is 10. The predicted octanol–water partition coefficient (Wildman–Crippen LogP) is 7.13. The van der Waals surface area contributed by atoms with Crippen molar-refractivity contribution in [1.29, 1.82) is 0 Å². The van der Waals surface area contributed by atoms with Crippen molar-refractivity contribution in [3.05, 3.63) is 42.0 Å². The molecule has 6 atom stereocenters. The molecule has 50 heavy (non-hydrogen) atoms. The van der Waals surface area contributed by atoms with Gasteiger partial charge in [0, 0.05) is 12.6 Å². The van der Waals surface area contributed by atoms with Gasteiger partial charge in [-0.2, -0.15) is 0 Å². The molecule has 10 heteroatoms. The summed E-state index contributed by atoms with van der Waals surface area (Å²) in [7, 11) is 0. The van der Waals surface area contributed by atoms with Crippen molar-refractivity contribution in [3.63, 3.8) is 0 Å². The van der Waals surface area contributed by atoms with Crippen LogP contribution in [0, 0.1) is 21.7 Å². The average Bonchev–Trinajstić information content (AvgIpc) is 3.00. The lowest BCUT2D eigenvalue weighted by Crippen LogP contribution is -2.68. The minimum absolute atomic E-state index is 0.0357. The number of rotatable bonds is 9. The highest BCUT2D eigenvalue weighted by atomic mass is 16.7. The van der Waals surface area contributed by atoms with E-state index in [1.807, 2.05) is 18.2 Å². The van der Waals surface area contributed by atoms with Gasteiger partial charge in [-0.15, -0.1) is 0 Å². The number of hydrogen-bond donors (Lipinski definition) is 0. The SMILES string of the molecule is CCC[C@@H]1CC(c2ccccc2)=CCN1[C@@H]1O[C@H](COC(=O)C(C)(C)C)[C@H](OC(=O)C(C)(C)C)[C@H](OC(=O)C(C)(C)C)[C@H]1OC(=O)C(C)(C)C. The van der Waals surface area contributed by atoms with Crippen molar-refractivity contribution < 1.29 is 42.9 Å². The molecular weight excluding hydrogens is 638 g/mol. The molecule has 0 N–H and O–H groups in total. The van der Waals surface area contributed by atoms with Crippen molar-refractivity contribution in [3.8, 4) is 0 Å². The molecular formula is C40H61NO9. The minimum atomic E-state index is -1.28. The first-order valence-electron chi connectivity index (χ1n) is 17.9. The Hall–Kier alpha value is -3.24. The summed E-state index contributed by atoms with van der Waals surface area (Å²) in [5.41, 5.74) is -1.27. The highest BCUT2D eigenvalue weighted by Crippen LogP contribution is 2.39.